The SMILES string of the molecule is CC(N)c1ccc(CC2COC2)cc1. The fourth-order valence-corrected chi connectivity index (χ4v) is 1.69. The maximum absolute atomic E-state index is 5.78. The summed E-state index contributed by atoms with van der Waals surface area (Å²) >= 11 is 0. The Morgan fingerprint density at radius 3 is 2.43 bits per heavy atom. The van der Waals surface area contributed by atoms with Crippen molar-refractivity contribution in [2.75, 3.05) is 13.2 Å². The van der Waals surface area contributed by atoms with E-state index in [4.69, 9.17) is 10.5 Å². The van der Waals surface area contributed by atoms with Gasteiger partial charge in [-0.1, -0.05) is 24.3 Å². The largest absolute Gasteiger partial charge is 0.381 e. The highest BCUT2D eigenvalue weighted by Crippen LogP contribution is 2.18. The molecule has 1 aliphatic rings. The number of nitrogens with two attached hydrogens (primary N) is 1. The third-order valence-corrected chi connectivity index (χ3v) is 2.74. The quantitative estimate of drug-likeness (QED) is 0.792. The van der Waals surface area contributed by atoms with Gasteiger partial charge in [0.15, 0.2) is 0 Å². The van der Waals surface area contributed by atoms with Gasteiger partial charge in [0.2, 0.25) is 0 Å². The van der Waals surface area contributed by atoms with Crippen LogP contribution in [0.4, 0.5) is 0 Å². The number of hydrogen-bond donors (Lipinski definition) is 1. The number of rotatable bonds is 3. The molecule has 2 rings (SSSR count). The summed E-state index contributed by atoms with van der Waals surface area (Å²) in [5.41, 5.74) is 8.38. The zero-order valence-corrected chi connectivity index (χ0v) is 8.57. The summed E-state index contributed by atoms with van der Waals surface area (Å²) in [6, 6.07) is 8.74. The normalized spacial score (nSPS) is 19.0. The molecule has 2 heteroatoms. The molecule has 1 unspecified atom stereocenters. The van der Waals surface area contributed by atoms with Crippen molar-refractivity contribution in [3.05, 3.63) is 35.4 Å². The molecule has 1 aromatic rings. The molecule has 0 amide bonds. The van der Waals surface area contributed by atoms with Crippen LogP contribution < -0.4 is 5.73 Å². The summed E-state index contributed by atoms with van der Waals surface area (Å²) in [6.07, 6.45) is 1.14. The molecule has 14 heavy (non-hydrogen) atoms. The summed E-state index contributed by atoms with van der Waals surface area (Å²) in [5.74, 6) is 0.733. The maximum atomic E-state index is 5.78. The molecule has 1 aromatic carbocycles. The predicted octanol–water partition coefficient (Wildman–Crippen LogP) is 1.90. The lowest BCUT2D eigenvalue weighted by molar-refractivity contribution is -0.0312. The summed E-state index contributed by atoms with van der Waals surface area (Å²) in [4.78, 5) is 0. The number of ether oxygens (including phenoxy) is 1. The number of hydrogen-bond acceptors (Lipinski definition) is 2. The van der Waals surface area contributed by atoms with E-state index in [1.807, 2.05) is 6.92 Å². The van der Waals surface area contributed by atoms with Crippen LogP contribution in [0.1, 0.15) is 24.1 Å². The van der Waals surface area contributed by atoms with Gasteiger partial charge in [0.05, 0.1) is 13.2 Å². The molecule has 1 aliphatic heterocycles. The van der Waals surface area contributed by atoms with Crippen molar-refractivity contribution in [1.29, 1.82) is 0 Å². The minimum absolute atomic E-state index is 0.135. The Kier molecular flexibility index (Phi) is 2.85. The summed E-state index contributed by atoms with van der Waals surface area (Å²) in [5, 5.41) is 0. The van der Waals surface area contributed by atoms with E-state index in [0.29, 0.717) is 0 Å². The van der Waals surface area contributed by atoms with Crippen LogP contribution in [0.2, 0.25) is 0 Å². The van der Waals surface area contributed by atoms with Crippen LogP contribution in [0, 0.1) is 5.92 Å². The molecular formula is C12H17NO. The van der Waals surface area contributed by atoms with Crippen LogP contribution in [0.15, 0.2) is 24.3 Å². The first-order chi connectivity index (χ1) is 6.75. The first-order valence-corrected chi connectivity index (χ1v) is 5.18. The molecule has 76 valence electrons. The highest BCUT2D eigenvalue weighted by Gasteiger charge is 2.18. The topological polar surface area (TPSA) is 35.2 Å². The average Bonchev–Trinajstić information content (AvgIpc) is 2.12. The van der Waals surface area contributed by atoms with E-state index in [1.54, 1.807) is 0 Å². The van der Waals surface area contributed by atoms with Gasteiger partial charge < -0.3 is 10.5 Å². The Balaban J connectivity index is 1.98. The van der Waals surface area contributed by atoms with Crippen LogP contribution in [0.25, 0.3) is 0 Å². The summed E-state index contributed by atoms with van der Waals surface area (Å²) < 4.78 is 5.15. The molecule has 1 heterocycles. The Labute approximate surface area is 85.1 Å². The molecule has 1 saturated heterocycles. The molecule has 2 nitrogen and oxygen atoms in total. The van der Waals surface area contributed by atoms with Crippen molar-refractivity contribution >= 4 is 0 Å². The molecule has 0 spiro atoms. The average molecular weight is 191 g/mol. The predicted molar refractivity (Wildman–Crippen MR) is 57.1 cm³/mol. The second kappa shape index (κ2) is 4.11. The van der Waals surface area contributed by atoms with Crippen LogP contribution in [0.3, 0.4) is 0 Å². The Bertz CT molecular complexity index is 288. The molecule has 0 bridgehead atoms. The Morgan fingerprint density at radius 2 is 2.00 bits per heavy atom. The minimum Gasteiger partial charge on any atom is -0.381 e. The van der Waals surface area contributed by atoms with E-state index in [9.17, 15) is 0 Å². The van der Waals surface area contributed by atoms with E-state index in [-0.39, 0.29) is 6.04 Å². The Hall–Kier alpha value is -0.860. The lowest BCUT2D eigenvalue weighted by Crippen LogP contribution is -2.29. The number of benzene rings is 1. The van der Waals surface area contributed by atoms with Crippen molar-refractivity contribution < 1.29 is 4.74 Å². The first-order valence-electron chi connectivity index (χ1n) is 5.18. The van der Waals surface area contributed by atoms with E-state index < -0.39 is 0 Å². The fourth-order valence-electron chi connectivity index (χ4n) is 1.69. The first kappa shape index (κ1) is 9.69. The van der Waals surface area contributed by atoms with Crippen molar-refractivity contribution in [2.24, 2.45) is 11.7 Å². The lowest BCUT2D eigenvalue weighted by atomic mass is 9.96. The van der Waals surface area contributed by atoms with Gasteiger partial charge in [0.1, 0.15) is 0 Å². The second-order valence-corrected chi connectivity index (χ2v) is 4.14. The highest BCUT2D eigenvalue weighted by molar-refractivity contribution is 5.24. The summed E-state index contributed by atoms with van der Waals surface area (Å²) in [6.45, 7) is 3.86. The molecule has 1 atom stereocenters. The highest BCUT2D eigenvalue weighted by atomic mass is 16.5. The monoisotopic (exact) mass is 191 g/mol. The van der Waals surface area contributed by atoms with Crippen molar-refractivity contribution in [3.63, 3.8) is 0 Å². The van der Waals surface area contributed by atoms with Gasteiger partial charge >= 0.3 is 0 Å². The standard InChI is InChI=1S/C12H17NO/c1-9(13)12-4-2-10(3-5-12)6-11-7-14-8-11/h2-5,9,11H,6-8,13H2,1H3. The van der Waals surface area contributed by atoms with E-state index in [0.717, 1.165) is 25.6 Å². The van der Waals surface area contributed by atoms with Gasteiger partial charge in [-0.15, -0.1) is 0 Å². The third kappa shape index (κ3) is 2.14. The lowest BCUT2D eigenvalue weighted by Gasteiger charge is -2.25. The van der Waals surface area contributed by atoms with Crippen molar-refractivity contribution in [2.45, 2.75) is 19.4 Å². The zero-order chi connectivity index (χ0) is 9.97. The van der Waals surface area contributed by atoms with Crippen LogP contribution in [-0.2, 0) is 11.2 Å². The van der Waals surface area contributed by atoms with Crippen molar-refractivity contribution in [3.8, 4) is 0 Å². The smallest absolute Gasteiger partial charge is 0.0519 e. The minimum atomic E-state index is 0.135. The fraction of sp³-hybridized carbons (Fsp3) is 0.500. The van der Waals surface area contributed by atoms with E-state index >= 15 is 0 Å². The summed E-state index contributed by atoms with van der Waals surface area (Å²) in [7, 11) is 0. The van der Waals surface area contributed by atoms with Gasteiger partial charge in [-0.25, -0.2) is 0 Å². The molecule has 1 fully saturated rings. The van der Waals surface area contributed by atoms with Gasteiger partial charge in [-0.2, -0.15) is 0 Å². The maximum Gasteiger partial charge on any atom is 0.0519 e. The van der Waals surface area contributed by atoms with Crippen molar-refractivity contribution in [1.82, 2.24) is 0 Å². The van der Waals surface area contributed by atoms with Crippen LogP contribution >= 0.6 is 0 Å². The zero-order valence-electron chi connectivity index (χ0n) is 8.57. The van der Waals surface area contributed by atoms with Gasteiger partial charge in [-0.05, 0) is 24.5 Å². The van der Waals surface area contributed by atoms with E-state index in [1.165, 1.54) is 11.1 Å². The second-order valence-electron chi connectivity index (χ2n) is 4.14. The van der Waals surface area contributed by atoms with Gasteiger partial charge in [0, 0.05) is 12.0 Å². The molecular weight excluding hydrogens is 174 g/mol. The van der Waals surface area contributed by atoms with Gasteiger partial charge in [-0.3, -0.25) is 0 Å². The molecule has 2 N–H and O–H groups in total. The Morgan fingerprint density at radius 1 is 1.36 bits per heavy atom. The molecule has 0 aliphatic carbocycles. The van der Waals surface area contributed by atoms with E-state index in [2.05, 4.69) is 24.3 Å². The van der Waals surface area contributed by atoms with Gasteiger partial charge in [0.25, 0.3) is 0 Å². The van der Waals surface area contributed by atoms with Crippen LogP contribution in [0.5, 0.6) is 0 Å². The molecule has 0 radical (unpaired) electrons. The van der Waals surface area contributed by atoms with Crippen LogP contribution in [-0.4, -0.2) is 13.2 Å². The third-order valence-electron chi connectivity index (χ3n) is 2.74. The molecule has 0 aromatic heterocycles. The molecule has 0 saturated carbocycles.